The average Bonchev–Trinajstić information content (AvgIpc) is 2.91. The molecular weight excluding hydrogens is 246 g/mol. The second-order valence-corrected chi connectivity index (χ2v) is 4.06. The number of anilines is 2. The van der Waals surface area contributed by atoms with Gasteiger partial charge in [-0.15, -0.1) is 0 Å². The molecule has 0 fully saturated rings. The van der Waals surface area contributed by atoms with Crippen molar-refractivity contribution in [1.82, 2.24) is 4.98 Å². The summed E-state index contributed by atoms with van der Waals surface area (Å²) in [5, 5.41) is 0. The van der Waals surface area contributed by atoms with Gasteiger partial charge in [0.15, 0.2) is 0 Å². The van der Waals surface area contributed by atoms with Crippen LogP contribution in [0.2, 0.25) is 0 Å². The monoisotopic (exact) mass is 261 g/mol. The summed E-state index contributed by atoms with van der Waals surface area (Å²) in [6.07, 6.45) is 3.06. The highest BCUT2D eigenvalue weighted by atomic mass is 16.5. The van der Waals surface area contributed by atoms with Crippen LogP contribution in [-0.4, -0.2) is 25.1 Å². The van der Waals surface area contributed by atoms with Crippen molar-refractivity contribution in [2.45, 2.75) is 6.54 Å². The lowest BCUT2D eigenvalue weighted by Crippen LogP contribution is -2.18. The fourth-order valence-corrected chi connectivity index (χ4v) is 1.67. The van der Waals surface area contributed by atoms with E-state index in [-0.39, 0.29) is 0 Å². The Bertz CT molecular complexity index is 567. The third-order valence-electron chi connectivity index (χ3n) is 2.69. The quantitative estimate of drug-likeness (QED) is 0.843. The van der Waals surface area contributed by atoms with Crippen LogP contribution in [0.4, 0.5) is 11.5 Å². The number of nitrogen functional groups attached to an aromatic ring is 1. The van der Waals surface area contributed by atoms with Crippen molar-refractivity contribution < 1.29 is 13.9 Å². The lowest BCUT2D eigenvalue weighted by atomic mass is 10.2. The fourth-order valence-electron chi connectivity index (χ4n) is 1.67. The summed E-state index contributed by atoms with van der Waals surface area (Å²) >= 11 is 0. The van der Waals surface area contributed by atoms with Gasteiger partial charge in [-0.25, -0.2) is 9.78 Å². The van der Waals surface area contributed by atoms with Gasteiger partial charge >= 0.3 is 5.97 Å². The van der Waals surface area contributed by atoms with E-state index in [2.05, 4.69) is 9.72 Å². The Labute approximate surface area is 110 Å². The van der Waals surface area contributed by atoms with Crippen LogP contribution in [0.1, 0.15) is 16.1 Å². The number of rotatable bonds is 4. The molecule has 0 aliphatic carbocycles. The van der Waals surface area contributed by atoms with E-state index in [1.54, 1.807) is 12.3 Å². The van der Waals surface area contributed by atoms with E-state index >= 15 is 0 Å². The molecule has 0 aliphatic heterocycles. The van der Waals surface area contributed by atoms with Crippen LogP contribution < -0.4 is 10.6 Å². The third-order valence-corrected chi connectivity index (χ3v) is 2.69. The Morgan fingerprint density at radius 3 is 3.00 bits per heavy atom. The van der Waals surface area contributed by atoms with Crippen molar-refractivity contribution in [3.8, 4) is 0 Å². The lowest BCUT2D eigenvalue weighted by molar-refractivity contribution is 0.0602. The van der Waals surface area contributed by atoms with E-state index in [1.165, 1.54) is 13.3 Å². The maximum Gasteiger partial charge on any atom is 0.340 e. The minimum Gasteiger partial charge on any atom is -0.467 e. The molecule has 0 unspecified atom stereocenters. The van der Waals surface area contributed by atoms with Crippen LogP contribution in [0.15, 0.2) is 35.1 Å². The van der Waals surface area contributed by atoms with Crippen LogP contribution in [0.5, 0.6) is 0 Å². The minimum absolute atomic E-state index is 0.294. The second-order valence-electron chi connectivity index (χ2n) is 4.06. The summed E-state index contributed by atoms with van der Waals surface area (Å²) in [7, 11) is 3.16. The highest BCUT2D eigenvalue weighted by molar-refractivity contribution is 5.95. The Balaban J connectivity index is 2.22. The zero-order valence-corrected chi connectivity index (χ0v) is 10.8. The predicted molar refractivity (Wildman–Crippen MR) is 70.8 cm³/mol. The molecule has 2 aromatic rings. The van der Waals surface area contributed by atoms with Gasteiger partial charge in [-0.1, -0.05) is 0 Å². The number of methoxy groups -OCH3 is 1. The molecule has 0 radical (unpaired) electrons. The normalized spacial score (nSPS) is 10.2. The van der Waals surface area contributed by atoms with Crippen molar-refractivity contribution >= 4 is 17.5 Å². The van der Waals surface area contributed by atoms with E-state index in [0.717, 1.165) is 5.76 Å². The highest BCUT2D eigenvalue weighted by Crippen LogP contribution is 2.19. The van der Waals surface area contributed by atoms with Gasteiger partial charge in [0.2, 0.25) is 0 Å². The maximum atomic E-state index is 11.6. The average molecular weight is 261 g/mol. The SMILES string of the molecule is COC(=O)c1cc(N(C)Cc2ccco2)ncc1N. The number of nitrogens with zero attached hydrogens (tertiary/aromatic N) is 2. The number of ether oxygens (including phenoxy) is 1. The molecule has 0 amide bonds. The summed E-state index contributed by atoms with van der Waals surface area (Å²) in [6, 6.07) is 5.29. The maximum absolute atomic E-state index is 11.6. The van der Waals surface area contributed by atoms with Gasteiger partial charge in [-0.3, -0.25) is 0 Å². The van der Waals surface area contributed by atoms with Crippen LogP contribution in [0.3, 0.4) is 0 Å². The molecule has 0 spiro atoms. The molecule has 100 valence electrons. The summed E-state index contributed by atoms with van der Waals surface area (Å²) in [4.78, 5) is 17.6. The van der Waals surface area contributed by atoms with E-state index in [4.69, 9.17) is 10.2 Å². The van der Waals surface area contributed by atoms with E-state index < -0.39 is 5.97 Å². The Morgan fingerprint density at radius 1 is 1.58 bits per heavy atom. The first-order chi connectivity index (χ1) is 9.11. The van der Waals surface area contributed by atoms with Crippen LogP contribution in [-0.2, 0) is 11.3 Å². The number of pyridine rings is 1. The topological polar surface area (TPSA) is 81.6 Å². The number of hydrogen-bond donors (Lipinski definition) is 1. The molecule has 0 atom stereocenters. The molecule has 19 heavy (non-hydrogen) atoms. The first-order valence-corrected chi connectivity index (χ1v) is 5.69. The molecule has 6 nitrogen and oxygen atoms in total. The molecule has 6 heteroatoms. The van der Waals surface area contributed by atoms with Gasteiger partial charge in [0, 0.05) is 7.05 Å². The van der Waals surface area contributed by atoms with Crippen molar-refractivity contribution in [3.63, 3.8) is 0 Å². The lowest BCUT2D eigenvalue weighted by Gasteiger charge is -2.17. The van der Waals surface area contributed by atoms with E-state index in [1.807, 2.05) is 24.1 Å². The molecule has 2 aromatic heterocycles. The number of carbonyl (C=O) groups excluding carboxylic acids is 1. The number of furan rings is 1. The molecule has 0 aromatic carbocycles. The largest absolute Gasteiger partial charge is 0.467 e. The zero-order valence-electron chi connectivity index (χ0n) is 10.8. The van der Waals surface area contributed by atoms with Crippen LogP contribution in [0, 0.1) is 0 Å². The van der Waals surface area contributed by atoms with Gasteiger partial charge in [0.05, 0.1) is 37.4 Å². The van der Waals surface area contributed by atoms with Crippen molar-refractivity contribution in [1.29, 1.82) is 0 Å². The summed E-state index contributed by atoms with van der Waals surface area (Å²) in [6.45, 7) is 0.546. The van der Waals surface area contributed by atoms with Gasteiger partial charge in [0.25, 0.3) is 0 Å². The first kappa shape index (κ1) is 12.9. The molecular formula is C13H15N3O3. The van der Waals surface area contributed by atoms with Gasteiger partial charge < -0.3 is 19.8 Å². The van der Waals surface area contributed by atoms with Crippen molar-refractivity contribution in [2.24, 2.45) is 0 Å². The summed E-state index contributed by atoms with van der Waals surface area (Å²) in [5.74, 6) is 0.944. The van der Waals surface area contributed by atoms with Crippen LogP contribution in [0.25, 0.3) is 0 Å². The number of esters is 1. The van der Waals surface area contributed by atoms with E-state index in [0.29, 0.717) is 23.6 Å². The van der Waals surface area contributed by atoms with Crippen molar-refractivity contribution in [2.75, 3.05) is 24.8 Å². The minimum atomic E-state index is -0.479. The third kappa shape index (κ3) is 2.85. The number of aromatic nitrogens is 1. The van der Waals surface area contributed by atoms with E-state index in [9.17, 15) is 4.79 Å². The first-order valence-electron chi connectivity index (χ1n) is 5.69. The van der Waals surface area contributed by atoms with Crippen LogP contribution >= 0.6 is 0 Å². The number of carbonyl (C=O) groups is 1. The Morgan fingerprint density at radius 2 is 2.37 bits per heavy atom. The summed E-state index contributed by atoms with van der Waals surface area (Å²) in [5.41, 5.74) is 6.30. The molecule has 2 rings (SSSR count). The van der Waals surface area contributed by atoms with Gasteiger partial charge in [-0.2, -0.15) is 0 Å². The predicted octanol–water partition coefficient (Wildman–Crippen LogP) is 1.68. The number of hydrogen-bond acceptors (Lipinski definition) is 6. The molecule has 0 saturated heterocycles. The van der Waals surface area contributed by atoms with Gasteiger partial charge in [-0.05, 0) is 18.2 Å². The standard InChI is InChI=1S/C13H15N3O3/c1-16(8-9-4-3-5-19-9)12-6-10(13(17)18-2)11(14)7-15-12/h3-7H,8,14H2,1-2H3. The molecule has 2 heterocycles. The van der Waals surface area contributed by atoms with Gasteiger partial charge in [0.1, 0.15) is 11.6 Å². The zero-order chi connectivity index (χ0) is 13.8. The fraction of sp³-hybridized carbons (Fsp3) is 0.231. The molecule has 0 bridgehead atoms. The van der Waals surface area contributed by atoms with Crippen molar-refractivity contribution in [3.05, 3.63) is 42.0 Å². The Hall–Kier alpha value is -2.50. The molecule has 0 aliphatic rings. The second kappa shape index (κ2) is 5.43. The molecule has 2 N–H and O–H groups in total. The Kier molecular flexibility index (Phi) is 3.70. The molecule has 0 saturated carbocycles. The summed E-state index contributed by atoms with van der Waals surface area (Å²) < 4.78 is 9.94. The highest BCUT2D eigenvalue weighted by Gasteiger charge is 2.14. The smallest absolute Gasteiger partial charge is 0.340 e. The number of nitrogens with two attached hydrogens (primary N) is 1.